The van der Waals surface area contributed by atoms with Crippen molar-refractivity contribution in [3.05, 3.63) is 33.5 Å². The number of esters is 1. The molecule has 0 unspecified atom stereocenters. The Labute approximate surface area is 94.6 Å². The number of nitrogens with one attached hydrogen (secondary N) is 1. The van der Waals surface area contributed by atoms with Gasteiger partial charge in [-0.1, -0.05) is 6.07 Å². The summed E-state index contributed by atoms with van der Waals surface area (Å²) in [4.78, 5) is 14.5. The number of aromatic nitrogens is 1. The summed E-state index contributed by atoms with van der Waals surface area (Å²) in [5, 5.41) is 0.931. The van der Waals surface area contributed by atoms with Crippen LogP contribution in [-0.4, -0.2) is 18.1 Å². The molecular formula is C10H8INO2. The second kappa shape index (κ2) is 3.61. The third kappa shape index (κ3) is 1.39. The van der Waals surface area contributed by atoms with Crippen molar-refractivity contribution < 1.29 is 9.53 Å². The second-order valence-corrected chi connectivity index (χ2v) is 4.02. The van der Waals surface area contributed by atoms with Gasteiger partial charge in [0.2, 0.25) is 0 Å². The van der Waals surface area contributed by atoms with Crippen molar-refractivity contribution in [2.45, 2.75) is 0 Å². The Bertz CT molecular complexity index is 490. The first-order valence-electron chi connectivity index (χ1n) is 4.08. The monoisotopic (exact) mass is 301 g/mol. The van der Waals surface area contributed by atoms with Crippen LogP contribution in [0.5, 0.6) is 0 Å². The number of rotatable bonds is 1. The first-order chi connectivity index (χ1) is 6.74. The van der Waals surface area contributed by atoms with Gasteiger partial charge >= 0.3 is 5.97 Å². The van der Waals surface area contributed by atoms with Gasteiger partial charge in [-0.25, -0.2) is 4.79 Å². The van der Waals surface area contributed by atoms with E-state index < -0.39 is 0 Å². The van der Waals surface area contributed by atoms with E-state index in [0.29, 0.717) is 5.56 Å². The fourth-order valence-electron chi connectivity index (χ4n) is 1.42. The van der Waals surface area contributed by atoms with Crippen LogP contribution in [0.25, 0.3) is 10.9 Å². The Kier molecular flexibility index (Phi) is 2.45. The fourth-order valence-corrected chi connectivity index (χ4v) is 2.16. The fraction of sp³-hybridized carbons (Fsp3) is 0.100. The van der Waals surface area contributed by atoms with E-state index in [2.05, 4.69) is 27.6 Å². The molecule has 0 aliphatic carbocycles. The van der Waals surface area contributed by atoms with Gasteiger partial charge in [-0.3, -0.25) is 0 Å². The van der Waals surface area contributed by atoms with Crippen LogP contribution in [0.1, 0.15) is 10.4 Å². The number of carbonyl (C=O) groups excluding carboxylic acids is 1. The lowest BCUT2D eigenvalue weighted by Gasteiger charge is -2.00. The predicted octanol–water partition coefficient (Wildman–Crippen LogP) is 2.56. The van der Waals surface area contributed by atoms with Gasteiger partial charge in [-0.05, 0) is 34.7 Å². The number of ether oxygens (including phenoxy) is 1. The van der Waals surface area contributed by atoms with E-state index >= 15 is 0 Å². The molecule has 0 spiro atoms. The van der Waals surface area contributed by atoms with Crippen LogP contribution in [0.3, 0.4) is 0 Å². The highest BCUT2D eigenvalue weighted by molar-refractivity contribution is 14.1. The van der Waals surface area contributed by atoms with Gasteiger partial charge in [0, 0.05) is 20.7 Å². The van der Waals surface area contributed by atoms with Crippen LogP contribution < -0.4 is 0 Å². The Balaban J connectivity index is 2.75. The molecule has 0 aliphatic heterocycles. The lowest BCUT2D eigenvalue weighted by atomic mass is 10.1. The molecule has 0 fully saturated rings. The van der Waals surface area contributed by atoms with Crippen LogP contribution in [-0.2, 0) is 4.74 Å². The van der Waals surface area contributed by atoms with Gasteiger partial charge in [0.1, 0.15) is 0 Å². The zero-order chi connectivity index (χ0) is 10.1. The summed E-state index contributed by atoms with van der Waals surface area (Å²) in [5.41, 5.74) is 1.56. The molecule has 0 bridgehead atoms. The highest BCUT2D eigenvalue weighted by atomic mass is 127. The maximum Gasteiger partial charge on any atom is 0.338 e. The number of benzene rings is 1. The maximum atomic E-state index is 11.4. The van der Waals surface area contributed by atoms with E-state index in [1.807, 2.05) is 18.3 Å². The predicted molar refractivity (Wildman–Crippen MR) is 62.4 cm³/mol. The number of methoxy groups -OCH3 is 1. The second-order valence-electron chi connectivity index (χ2n) is 2.86. The summed E-state index contributed by atoms with van der Waals surface area (Å²) < 4.78 is 5.74. The van der Waals surface area contributed by atoms with Crippen LogP contribution in [0.15, 0.2) is 24.4 Å². The van der Waals surface area contributed by atoms with Crippen molar-refractivity contribution in [1.29, 1.82) is 0 Å². The van der Waals surface area contributed by atoms with Gasteiger partial charge < -0.3 is 9.72 Å². The normalized spacial score (nSPS) is 10.4. The van der Waals surface area contributed by atoms with Crippen molar-refractivity contribution in [3.8, 4) is 0 Å². The molecule has 0 aliphatic rings. The van der Waals surface area contributed by atoms with Gasteiger partial charge in [-0.15, -0.1) is 0 Å². The summed E-state index contributed by atoms with van der Waals surface area (Å²) in [6.45, 7) is 0. The molecule has 4 heteroatoms. The number of hydrogen-bond donors (Lipinski definition) is 1. The smallest absolute Gasteiger partial charge is 0.338 e. The Morgan fingerprint density at radius 1 is 1.50 bits per heavy atom. The molecule has 1 N–H and O–H groups in total. The molecule has 0 atom stereocenters. The quantitative estimate of drug-likeness (QED) is 0.650. The first kappa shape index (κ1) is 9.51. The summed E-state index contributed by atoms with van der Waals surface area (Å²) in [6.07, 6.45) is 1.87. The molecule has 1 aromatic heterocycles. The number of H-pyrrole nitrogens is 1. The number of hydrogen-bond acceptors (Lipinski definition) is 2. The van der Waals surface area contributed by atoms with Crippen LogP contribution in [0, 0.1) is 3.57 Å². The van der Waals surface area contributed by atoms with Crippen molar-refractivity contribution in [3.63, 3.8) is 0 Å². The minimum Gasteiger partial charge on any atom is -0.465 e. The molecule has 1 heterocycles. The highest BCUT2D eigenvalue weighted by Crippen LogP contribution is 2.24. The Hall–Kier alpha value is -1.04. The lowest BCUT2D eigenvalue weighted by Crippen LogP contribution is -2.01. The first-order valence-corrected chi connectivity index (χ1v) is 5.16. The molecule has 14 heavy (non-hydrogen) atoms. The average molecular weight is 301 g/mol. The molecule has 0 saturated heterocycles. The number of fused-ring (bicyclic) bond motifs is 1. The molecule has 0 saturated carbocycles. The highest BCUT2D eigenvalue weighted by Gasteiger charge is 2.12. The van der Waals surface area contributed by atoms with E-state index in [1.54, 1.807) is 6.07 Å². The standard InChI is InChI=1S/C10H8INO2/c1-14-10(13)6-3-2-4-8-9(6)7(11)5-12-8/h2-5,12H,1H3. The molecule has 0 radical (unpaired) electrons. The largest absolute Gasteiger partial charge is 0.465 e. The molecule has 2 rings (SSSR count). The number of carbonyl (C=O) groups is 1. The molecule has 3 nitrogen and oxygen atoms in total. The van der Waals surface area contributed by atoms with E-state index in [9.17, 15) is 4.79 Å². The topological polar surface area (TPSA) is 42.1 Å². The zero-order valence-electron chi connectivity index (χ0n) is 7.50. The number of aromatic amines is 1. The third-order valence-electron chi connectivity index (χ3n) is 2.06. The van der Waals surface area contributed by atoms with Crippen molar-refractivity contribution in [2.24, 2.45) is 0 Å². The van der Waals surface area contributed by atoms with Crippen LogP contribution >= 0.6 is 22.6 Å². The van der Waals surface area contributed by atoms with Crippen molar-refractivity contribution in [2.75, 3.05) is 7.11 Å². The average Bonchev–Trinajstić information content (AvgIpc) is 2.59. The molecular weight excluding hydrogens is 293 g/mol. The minimum absolute atomic E-state index is 0.298. The zero-order valence-corrected chi connectivity index (χ0v) is 9.66. The van der Waals surface area contributed by atoms with Gasteiger partial charge in [0.05, 0.1) is 12.7 Å². The molecule has 1 aromatic carbocycles. The lowest BCUT2D eigenvalue weighted by molar-refractivity contribution is 0.0603. The molecule has 2 aromatic rings. The van der Waals surface area contributed by atoms with Crippen molar-refractivity contribution in [1.82, 2.24) is 4.98 Å². The molecule has 72 valence electrons. The summed E-state index contributed by atoms with van der Waals surface area (Å²) in [6, 6.07) is 5.54. The van der Waals surface area contributed by atoms with Crippen LogP contribution in [0.4, 0.5) is 0 Å². The van der Waals surface area contributed by atoms with Gasteiger partial charge in [0.25, 0.3) is 0 Å². The van der Waals surface area contributed by atoms with E-state index in [-0.39, 0.29) is 5.97 Å². The summed E-state index contributed by atoms with van der Waals surface area (Å²) >= 11 is 2.19. The maximum absolute atomic E-state index is 11.4. The third-order valence-corrected chi connectivity index (χ3v) is 2.91. The van der Waals surface area contributed by atoms with Crippen LogP contribution in [0.2, 0.25) is 0 Å². The molecule has 0 amide bonds. The Morgan fingerprint density at radius 3 is 3.00 bits per heavy atom. The summed E-state index contributed by atoms with van der Waals surface area (Å²) in [5.74, 6) is -0.298. The minimum atomic E-state index is -0.298. The SMILES string of the molecule is COC(=O)c1cccc2[nH]cc(I)c12. The van der Waals surface area contributed by atoms with Gasteiger partial charge in [-0.2, -0.15) is 0 Å². The summed E-state index contributed by atoms with van der Waals surface area (Å²) in [7, 11) is 1.39. The van der Waals surface area contributed by atoms with E-state index in [1.165, 1.54) is 7.11 Å². The van der Waals surface area contributed by atoms with E-state index in [4.69, 9.17) is 4.74 Å². The Morgan fingerprint density at radius 2 is 2.29 bits per heavy atom. The van der Waals surface area contributed by atoms with Gasteiger partial charge in [0.15, 0.2) is 0 Å². The number of halogens is 1. The van der Waals surface area contributed by atoms with Crippen molar-refractivity contribution >= 4 is 39.5 Å². The van der Waals surface area contributed by atoms with E-state index in [0.717, 1.165) is 14.5 Å².